The van der Waals surface area contributed by atoms with Gasteiger partial charge in [0.2, 0.25) is 0 Å². The molecule has 1 aliphatic rings. The van der Waals surface area contributed by atoms with Gasteiger partial charge in [-0.15, -0.1) is 0 Å². The van der Waals surface area contributed by atoms with Gasteiger partial charge in [0.1, 0.15) is 11.3 Å². The largest absolute Gasteiger partial charge is 0.466 e. The molecule has 0 N–H and O–H groups in total. The van der Waals surface area contributed by atoms with Gasteiger partial charge in [0.05, 0.1) is 12.8 Å². The smallest absolute Gasteiger partial charge is 0.306 e. The SMILES string of the molecule is CCOC(=O)C[C@@H]1CC[C@@H](c2ncc3c(Cl)nccn23)C1. The van der Waals surface area contributed by atoms with E-state index in [9.17, 15) is 4.79 Å². The van der Waals surface area contributed by atoms with Gasteiger partial charge in [-0.2, -0.15) is 0 Å². The van der Waals surface area contributed by atoms with Crippen molar-refractivity contribution in [3.8, 4) is 0 Å². The lowest BCUT2D eigenvalue weighted by Crippen LogP contribution is -2.09. The zero-order valence-corrected chi connectivity index (χ0v) is 12.7. The maximum Gasteiger partial charge on any atom is 0.306 e. The van der Waals surface area contributed by atoms with E-state index in [2.05, 4.69) is 9.97 Å². The predicted octanol–water partition coefficient (Wildman–Crippen LogP) is 3.22. The summed E-state index contributed by atoms with van der Waals surface area (Å²) in [6, 6.07) is 0. The lowest BCUT2D eigenvalue weighted by molar-refractivity contribution is -0.144. The molecule has 112 valence electrons. The number of fused-ring (bicyclic) bond motifs is 1. The van der Waals surface area contributed by atoms with Gasteiger partial charge in [0.25, 0.3) is 0 Å². The number of nitrogens with zero attached hydrogens (tertiary/aromatic N) is 3. The van der Waals surface area contributed by atoms with Crippen molar-refractivity contribution in [3.05, 3.63) is 29.6 Å². The van der Waals surface area contributed by atoms with Crippen LogP contribution >= 0.6 is 11.6 Å². The van der Waals surface area contributed by atoms with E-state index < -0.39 is 0 Å². The Hall–Kier alpha value is -1.62. The molecule has 0 saturated heterocycles. The first-order valence-corrected chi connectivity index (χ1v) is 7.70. The molecule has 5 nitrogen and oxygen atoms in total. The summed E-state index contributed by atoms with van der Waals surface area (Å²) in [7, 11) is 0. The van der Waals surface area contributed by atoms with Crippen LogP contribution in [0.25, 0.3) is 5.52 Å². The molecule has 2 atom stereocenters. The maximum absolute atomic E-state index is 11.6. The molecule has 0 radical (unpaired) electrons. The van der Waals surface area contributed by atoms with Crippen LogP contribution in [0.3, 0.4) is 0 Å². The standard InChI is InChI=1S/C15H18ClN3O2/c1-2-21-13(20)8-10-3-4-11(7-10)15-18-9-12-14(16)17-5-6-19(12)15/h5-6,9-11H,2-4,7-8H2,1H3/t10-,11-/m1/s1. The molecule has 0 spiro atoms. The van der Waals surface area contributed by atoms with Crippen LogP contribution in [0.1, 0.15) is 44.3 Å². The van der Waals surface area contributed by atoms with E-state index in [0.717, 1.165) is 30.6 Å². The van der Waals surface area contributed by atoms with Gasteiger partial charge in [-0.05, 0) is 32.1 Å². The monoisotopic (exact) mass is 307 g/mol. The maximum atomic E-state index is 11.6. The number of rotatable bonds is 4. The Morgan fingerprint density at radius 2 is 2.33 bits per heavy atom. The molecular weight excluding hydrogens is 290 g/mol. The van der Waals surface area contributed by atoms with Crippen LogP contribution < -0.4 is 0 Å². The number of hydrogen-bond acceptors (Lipinski definition) is 4. The molecule has 0 aromatic carbocycles. The molecule has 3 rings (SSSR count). The van der Waals surface area contributed by atoms with Crippen LogP contribution in [-0.4, -0.2) is 26.9 Å². The fourth-order valence-electron chi connectivity index (χ4n) is 3.17. The number of carbonyl (C=O) groups excluding carboxylic acids is 1. The minimum absolute atomic E-state index is 0.0941. The fourth-order valence-corrected chi connectivity index (χ4v) is 3.36. The highest BCUT2D eigenvalue weighted by atomic mass is 35.5. The van der Waals surface area contributed by atoms with Gasteiger partial charge in [-0.1, -0.05) is 11.6 Å². The molecule has 0 amide bonds. The van der Waals surface area contributed by atoms with Gasteiger partial charge in [0.15, 0.2) is 5.15 Å². The van der Waals surface area contributed by atoms with Crippen LogP contribution in [0.5, 0.6) is 0 Å². The second-order valence-electron chi connectivity index (χ2n) is 5.47. The molecule has 0 aliphatic heterocycles. The van der Waals surface area contributed by atoms with Gasteiger partial charge in [-0.3, -0.25) is 9.20 Å². The van der Waals surface area contributed by atoms with E-state index in [1.54, 1.807) is 12.4 Å². The van der Waals surface area contributed by atoms with Crippen molar-refractivity contribution in [3.63, 3.8) is 0 Å². The molecule has 0 bridgehead atoms. The first kappa shape index (κ1) is 14.3. The lowest BCUT2D eigenvalue weighted by Gasteiger charge is -2.10. The molecule has 2 heterocycles. The summed E-state index contributed by atoms with van der Waals surface area (Å²) in [5.74, 6) is 1.67. The zero-order chi connectivity index (χ0) is 14.8. The normalized spacial score (nSPS) is 21.8. The molecule has 6 heteroatoms. The summed E-state index contributed by atoms with van der Waals surface area (Å²) in [6.45, 7) is 2.29. The third-order valence-electron chi connectivity index (χ3n) is 4.11. The first-order valence-electron chi connectivity index (χ1n) is 7.32. The Bertz CT molecular complexity index is 655. The van der Waals surface area contributed by atoms with Crippen molar-refractivity contribution in [1.29, 1.82) is 0 Å². The summed E-state index contributed by atoms with van der Waals surface area (Å²) < 4.78 is 7.04. The number of hydrogen-bond donors (Lipinski definition) is 0. The van der Waals surface area contributed by atoms with E-state index >= 15 is 0 Å². The van der Waals surface area contributed by atoms with Gasteiger partial charge < -0.3 is 4.74 Å². The second-order valence-corrected chi connectivity index (χ2v) is 5.83. The third kappa shape index (κ3) is 2.88. The third-order valence-corrected chi connectivity index (χ3v) is 4.40. The number of imidazole rings is 1. The summed E-state index contributed by atoms with van der Waals surface area (Å²) >= 11 is 6.08. The highest BCUT2D eigenvalue weighted by molar-refractivity contribution is 6.32. The fraction of sp³-hybridized carbons (Fsp3) is 0.533. The Kier molecular flexibility index (Phi) is 4.10. The van der Waals surface area contributed by atoms with Crippen molar-refractivity contribution in [2.24, 2.45) is 5.92 Å². The quantitative estimate of drug-likeness (QED) is 0.814. The number of halogens is 1. The van der Waals surface area contributed by atoms with Gasteiger partial charge >= 0.3 is 5.97 Å². The molecule has 0 unspecified atom stereocenters. The van der Waals surface area contributed by atoms with Crippen molar-refractivity contribution in [1.82, 2.24) is 14.4 Å². The van der Waals surface area contributed by atoms with Crippen LogP contribution in [0, 0.1) is 5.92 Å². The van der Waals surface area contributed by atoms with Crippen LogP contribution in [-0.2, 0) is 9.53 Å². The van der Waals surface area contributed by atoms with Crippen LogP contribution in [0.4, 0.5) is 0 Å². The Morgan fingerprint density at radius 1 is 1.48 bits per heavy atom. The van der Waals surface area contributed by atoms with Crippen molar-refractivity contribution in [2.45, 2.75) is 38.5 Å². The minimum Gasteiger partial charge on any atom is -0.466 e. The van der Waals surface area contributed by atoms with Crippen LogP contribution in [0.2, 0.25) is 5.15 Å². The van der Waals surface area contributed by atoms with E-state index in [0.29, 0.717) is 30.0 Å². The van der Waals surface area contributed by atoms with E-state index in [4.69, 9.17) is 16.3 Å². The van der Waals surface area contributed by atoms with E-state index in [1.165, 1.54) is 0 Å². The number of ether oxygens (including phenoxy) is 1. The minimum atomic E-state index is -0.0941. The molecule has 2 aromatic heterocycles. The predicted molar refractivity (Wildman–Crippen MR) is 79.3 cm³/mol. The summed E-state index contributed by atoms with van der Waals surface area (Å²) in [4.78, 5) is 20.2. The Balaban J connectivity index is 1.73. The highest BCUT2D eigenvalue weighted by Gasteiger charge is 2.30. The number of carbonyl (C=O) groups is 1. The number of aromatic nitrogens is 3. The molecular formula is C15H18ClN3O2. The average molecular weight is 308 g/mol. The summed E-state index contributed by atoms with van der Waals surface area (Å²) in [5, 5.41) is 0.470. The second kappa shape index (κ2) is 6.02. The topological polar surface area (TPSA) is 56.5 Å². The van der Waals surface area contributed by atoms with E-state index in [-0.39, 0.29) is 5.97 Å². The number of esters is 1. The van der Waals surface area contributed by atoms with E-state index in [1.807, 2.05) is 17.5 Å². The first-order chi connectivity index (χ1) is 10.2. The average Bonchev–Trinajstić information content (AvgIpc) is 3.06. The molecule has 21 heavy (non-hydrogen) atoms. The molecule has 2 aromatic rings. The van der Waals surface area contributed by atoms with Crippen molar-refractivity contribution < 1.29 is 9.53 Å². The molecule has 1 aliphatic carbocycles. The van der Waals surface area contributed by atoms with Gasteiger partial charge in [0, 0.05) is 24.7 Å². The zero-order valence-electron chi connectivity index (χ0n) is 12.0. The van der Waals surface area contributed by atoms with Gasteiger partial charge in [-0.25, -0.2) is 9.97 Å². The lowest BCUT2D eigenvalue weighted by atomic mass is 10.0. The Morgan fingerprint density at radius 3 is 3.14 bits per heavy atom. The van der Waals surface area contributed by atoms with Crippen molar-refractivity contribution in [2.75, 3.05) is 6.61 Å². The Labute approximate surface area is 128 Å². The van der Waals surface area contributed by atoms with Crippen molar-refractivity contribution >= 4 is 23.1 Å². The highest BCUT2D eigenvalue weighted by Crippen LogP contribution is 2.39. The molecule has 1 fully saturated rings. The molecule has 1 saturated carbocycles. The summed E-state index contributed by atoms with van der Waals surface area (Å²) in [5.41, 5.74) is 0.836. The van der Waals surface area contributed by atoms with Crippen LogP contribution in [0.15, 0.2) is 18.6 Å². The summed E-state index contributed by atoms with van der Waals surface area (Å²) in [6.07, 6.45) is 8.91.